The number of hydrogen-bond donors (Lipinski definition) is 2. The fourth-order valence-corrected chi connectivity index (χ4v) is 2.25. The van der Waals surface area contributed by atoms with E-state index in [1.54, 1.807) is 24.5 Å². The monoisotopic (exact) mass is 317 g/mol. The summed E-state index contributed by atoms with van der Waals surface area (Å²) < 4.78 is 0.837. The van der Waals surface area contributed by atoms with E-state index in [2.05, 4.69) is 30.9 Å². The van der Waals surface area contributed by atoms with Crippen molar-refractivity contribution in [1.82, 2.24) is 15.0 Å². The molecule has 0 amide bonds. The number of imidazole rings is 1. The van der Waals surface area contributed by atoms with Crippen molar-refractivity contribution in [2.75, 3.05) is 0 Å². The summed E-state index contributed by atoms with van der Waals surface area (Å²) in [6.07, 6.45) is 3.34. The van der Waals surface area contributed by atoms with Crippen LogP contribution in [0, 0.1) is 0 Å². The molecule has 2 N–H and O–H groups in total. The first-order valence-electron chi connectivity index (χ1n) is 5.48. The second kappa shape index (κ2) is 4.47. The number of fused-ring (bicyclic) bond motifs is 1. The summed E-state index contributed by atoms with van der Waals surface area (Å²) in [4.78, 5) is 22.7. The SMILES string of the molecule is O=C(O)c1cccc2[nH]c(-c3cncc(Br)c3)nc12. The number of carboxylic acids is 1. The quantitative estimate of drug-likeness (QED) is 0.761. The minimum absolute atomic E-state index is 0.183. The van der Waals surface area contributed by atoms with Gasteiger partial charge in [-0.05, 0) is 34.1 Å². The van der Waals surface area contributed by atoms with Crippen LogP contribution >= 0.6 is 15.9 Å². The summed E-state index contributed by atoms with van der Waals surface area (Å²) in [6.45, 7) is 0. The Bertz CT molecular complexity index is 782. The second-order valence-corrected chi connectivity index (χ2v) is 4.90. The molecule has 1 aromatic carbocycles. The lowest BCUT2D eigenvalue weighted by Gasteiger charge is -1.95. The number of aromatic carboxylic acids is 1. The molecular formula is C13H8BrN3O2. The Labute approximate surface area is 116 Å². The molecule has 5 nitrogen and oxygen atoms in total. The van der Waals surface area contributed by atoms with Crippen LogP contribution in [-0.2, 0) is 0 Å². The molecule has 0 fully saturated rings. The third-order valence-corrected chi connectivity index (χ3v) is 3.16. The molecule has 2 aromatic heterocycles. The largest absolute Gasteiger partial charge is 0.478 e. The molecule has 3 aromatic rings. The molecule has 94 valence electrons. The van der Waals surface area contributed by atoms with Crippen LogP contribution in [0.4, 0.5) is 0 Å². The molecule has 0 aliphatic rings. The molecule has 0 spiro atoms. The maximum Gasteiger partial charge on any atom is 0.337 e. The minimum atomic E-state index is -0.990. The van der Waals surface area contributed by atoms with E-state index in [9.17, 15) is 4.79 Å². The fraction of sp³-hybridized carbons (Fsp3) is 0. The van der Waals surface area contributed by atoms with E-state index in [1.165, 1.54) is 6.07 Å². The van der Waals surface area contributed by atoms with Gasteiger partial charge in [-0.2, -0.15) is 0 Å². The highest BCUT2D eigenvalue weighted by molar-refractivity contribution is 9.10. The Hall–Kier alpha value is -2.21. The van der Waals surface area contributed by atoms with Crippen LogP contribution in [-0.4, -0.2) is 26.0 Å². The van der Waals surface area contributed by atoms with E-state index in [0.717, 1.165) is 10.0 Å². The lowest BCUT2D eigenvalue weighted by Crippen LogP contribution is -1.96. The summed E-state index contributed by atoms with van der Waals surface area (Å²) in [5.41, 5.74) is 2.12. The van der Waals surface area contributed by atoms with Crippen molar-refractivity contribution in [2.24, 2.45) is 0 Å². The number of aromatic nitrogens is 3. The summed E-state index contributed by atoms with van der Waals surface area (Å²) >= 11 is 3.34. The van der Waals surface area contributed by atoms with Gasteiger partial charge >= 0.3 is 5.97 Å². The molecule has 0 saturated heterocycles. The van der Waals surface area contributed by atoms with E-state index in [-0.39, 0.29) is 5.56 Å². The summed E-state index contributed by atoms with van der Waals surface area (Å²) in [5.74, 6) is -0.395. The van der Waals surface area contributed by atoms with Gasteiger partial charge in [0, 0.05) is 22.4 Å². The van der Waals surface area contributed by atoms with Crippen molar-refractivity contribution >= 4 is 32.9 Å². The topological polar surface area (TPSA) is 78.9 Å². The van der Waals surface area contributed by atoms with E-state index in [0.29, 0.717) is 16.9 Å². The lowest BCUT2D eigenvalue weighted by molar-refractivity contribution is 0.0699. The maximum absolute atomic E-state index is 11.1. The molecule has 0 saturated carbocycles. The Morgan fingerprint density at radius 3 is 2.89 bits per heavy atom. The van der Waals surface area contributed by atoms with E-state index < -0.39 is 5.97 Å². The smallest absolute Gasteiger partial charge is 0.337 e. The maximum atomic E-state index is 11.1. The van der Waals surface area contributed by atoms with Crippen molar-refractivity contribution in [1.29, 1.82) is 0 Å². The Morgan fingerprint density at radius 1 is 1.32 bits per heavy atom. The number of carboxylic acid groups (broad SMARTS) is 1. The van der Waals surface area contributed by atoms with Gasteiger partial charge in [-0.3, -0.25) is 4.98 Å². The summed E-state index contributed by atoms with van der Waals surface area (Å²) in [6, 6.07) is 6.89. The Kier molecular flexibility index (Phi) is 2.79. The van der Waals surface area contributed by atoms with Gasteiger partial charge in [0.25, 0.3) is 0 Å². The van der Waals surface area contributed by atoms with Crippen LogP contribution in [0.25, 0.3) is 22.4 Å². The molecule has 6 heteroatoms. The number of nitrogens with zero attached hydrogens (tertiary/aromatic N) is 2. The molecule has 3 rings (SSSR count). The first-order valence-corrected chi connectivity index (χ1v) is 6.27. The average molecular weight is 318 g/mol. The van der Waals surface area contributed by atoms with E-state index in [1.807, 2.05) is 6.07 Å². The van der Waals surface area contributed by atoms with Gasteiger partial charge in [0.05, 0.1) is 11.1 Å². The van der Waals surface area contributed by atoms with E-state index in [4.69, 9.17) is 5.11 Å². The number of benzene rings is 1. The number of nitrogens with one attached hydrogen (secondary N) is 1. The second-order valence-electron chi connectivity index (χ2n) is 3.98. The molecule has 0 unspecified atom stereocenters. The third-order valence-electron chi connectivity index (χ3n) is 2.72. The van der Waals surface area contributed by atoms with Gasteiger partial charge < -0.3 is 10.1 Å². The number of para-hydroxylation sites is 1. The number of rotatable bonds is 2. The highest BCUT2D eigenvalue weighted by atomic mass is 79.9. The van der Waals surface area contributed by atoms with Crippen LogP contribution in [0.1, 0.15) is 10.4 Å². The molecule has 0 aliphatic heterocycles. The van der Waals surface area contributed by atoms with Gasteiger partial charge in [0.15, 0.2) is 0 Å². The minimum Gasteiger partial charge on any atom is -0.478 e. The molecule has 0 aliphatic carbocycles. The summed E-state index contributed by atoms with van der Waals surface area (Å²) in [5, 5.41) is 9.13. The van der Waals surface area contributed by atoms with Crippen molar-refractivity contribution in [3.8, 4) is 11.4 Å². The number of H-pyrrole nitrogens is 1. The zero-order valence-corrected chi connectivity index (χ0v) is 11.2. The van der Waals surface area contributed by atoms with Crippen LogP contribution < -0.4 is 0 Å². The first kappa shape index (κ1) is 11.9. The van der Waals surface area contributed by atoms with Gasteiger partial charge in [0.1, 0.15) is 11.3 Å². The van der Waals surface area contributed by atoms with Gasteiger partial charge in [-0.25, -0.2) is 9.78 Å². The van der Waals surface area contributed by atoms with Crippen molar-refractivity contribution < 1.29 is 9.90 Å². The standard InChI is InChI=1S/C13H8BrN3O2/c14-8-4-7(5-15-6-8)12-16-10-3-1-2-9(13(18)19)11(10)17-12/h1-6H,(H,16,17)(H,18,19). The van der Waals surface area contributed by atoms with Gasteiger partial charge in [0.2, 0.25) is 0 Å². The van der Waals surface area contributed by atoms with Crippen molar-refractivity contribution in [3.63, 3.8) is 0 Å². The zero-order chi connectivity index (χ0) is 13.4. The van der Waals surface area contributed by atoms with Crippen LogP contribution in [0.2, 0.25) is 0 Å². The number of carbonyl (C=O) groups is 1. The normalized spacial score (nSPS) is 10.8. The molecule has 0 radical (unpaired) electrons. The van der Waals surface area contributed by atoms with Crippen molar-refractivity contribution in [2.45, 2.75) is 0 Å². The fourth-order valence-electron chi connectivity index (χ4n) is 1.88. The number of pyridine rings is 1. The van der Waals surface area contributed by atoms with Gasteiger partial charge in [-0.1, -0.05) is 6.07 Å². The first-order chi connectivity index (χ1) is 9.15. The van der Waals surface area contributed by atoms with Gasteiger partial charge in [-0.15, -0.1) is 0 Å². The highest BCUT2D eigenvalue weighted by Crippen LogP contribution is 2.24. The van der Waals surface area contributed by atoms with Crippen LogP contribution in [0.15, 0.2) is 41.1 Å². The molecule has 2 heterocycles. The molecule has 19 heavy (non-hydrogen) atoms. The molecule has 0 bridgehead atoms. The number of hydrogen-bond acceptors (Lipinski definition) is 3. The lowest BCUT2D eigenvalue weighted by atomic mass is 10.2. The highest BCUT2D eigenvalue weighted by Gasteiger charge is 2.13. The Balaban J connectivity index is 2.22. The number of aromatic amines is 1. The summed E-state index contributed by atoms with van der Waals surface area (Å²) in [7, 11) is 0. The zero-order valence-electron chi connectivity index (χ0n) is 9.59. The third kappa shape index (κ3) is 2.10. The van der Waals surface area contributed by atoms with E-state index >= 15 is 0 Å². The molecule has 0 atom stereocenters. The predicted octanol–water partition coefficient (Wildman–Crippen LogP) is 3.09. The molecular weight excluding hydrogens is 310 g/mol. The predicted molar refractivity (Wildman–Crippen MR) is 74.0 cm³/mol. The average Bonchev–Trinajstić information content (AvgIpc) is 2.82. The Morgan fingerprint density at radius 2 is 2.16 bits per heavy atom. The van der Waals surface area contributed by atoms with Crippen LogP contribution in [0.3, 0.4) is 0 Å². The van der Waals surface area contributed by atoms with Crippen LogP contribution in [0.5, 0.6) is 0 Å². The number of halogens is 1. The van der Waals surface area contributed by atoms with Crippen molar-refractivity contribution in [3.05, 3.63) is 46.7 Å².